The predicted octanol–water partition coefficient (Wildman–Crippen LogP) is 1.50. The zero-order valence-electron chi connectivity index (χ0n) is 19.2. The number of sulfonamides is 1. The maximum Gasteiger partial charge on any atom is 0.265 e. The first-order valence-corrected chi connectivity index (χ1v) is 12.3. The number of piperazine rings is 1. The number of ether oxygens (including phenoxy) is 3. The van der Waals surface area contributed by atoms with E-state index < -0.39 is 16.1 Å². The van der Waals surface area contributed by atoms with Crippen LogP contribution in [0.2, 0.25) is 0 Å². The molecule has 2 aromatic carbocycles. The van der Waals surface area contributed by atoms with Gasteiger partial charge in [-0.2, -0.15) is 4.31 Å². The van der Waals surface area contributed by atoms with Crippen LogP contribution in [0.5, 0.6) is 17.2 Å². The largest absolute Gasteiger partial charge is 0.493 e. The number of anilines is 1. The minimum atomic E-state index is -3.79. The average molecular weight is 490 g/mol. The van der Waals surface area contributed by atoms with Crippen LogP contribution in [-0.4, -0.2) is 75.9 Å². The van der Waals surface area contributed by atoms with Gasteiger partial charge in [0.1, 0.15) is 5.75 Å². The predicted molar refractivity (Wildman–Crippen MR) is 124 cm³/mol. The lowest BCUT2D eigenvalue weighted by Gasteiger charge is -2.34. The molecule has 1 atom stereocenters. The van der Waals surface area contributed by atoms with Gasteiger partial charge in [0, 0.05) is 26.2 Å². The topological polar surface area (TPSA) is 114 Å². The number of carbonyl (C=O) groups excluding carboxylic acids is 2. The molecule has 0 bridgehead atoms. The van der Waals surface area contributed by atoms with Crippen molar-refractivity contribution in [1.29, 1.82) is 0 Å². The monoisotopic (exact) mass is 489 g/mol. The molecule has 1 saturated heterocycles. The van der Waals surface area contributed by atoms with E-state index in [-0.39, 0.29) is 49.3 Å². The smallest absolute Gasteiger partial charge is 0.265 e. The summed E-state index contributed by atoms with van der Waals surface area (Å²) in [6.45, 7) is 2.55. The summed E-state index contributed by atoms with van der Waals surface area (Å²) in [5.74, 6) is 1.14. The number of methoxy groups -OCH3 is 2. The summed E-state index contributed by atoms with van der Waals surface area (Å²) < 4.78 is 43.7. The number of benzene rings is 2. The van der Waals surface area contributed by atoms with Gasteiger partial charge < -0.3 is 24.4 Å². The van der Waals surface area contributed by atoms with Crippen molar-refractivity contribution in [2.24, 2.45) is 0 Å². The number of rotatable bonds is 6. The number of fused-ring (bicyclic) bond motifs is 1. The van der Waals surface area contributed by atoms with E-state index in [1.807, 2.05) is 0 Å². The van der Waals surface area contributed by atoms with Gasteiger partial charge in [-0.25, -0.2) is 8.42 Å². The third-order valence-electron chi connectivity index (χ3n) is 5.91. The molecule has 1 N–H and O–H groups in total. The van der Waals surface area contributed by atoms with Crippen LogP contribution >= 0.6 is 0 Å². The quantitative estimate of drug-likeness (QED) is 0.654. The highest BCUT2D eigenvalue weighted by molar-refractivity contribution is 7.89. The van der Waals surface area contributed by atoms with E-state index in [0.717, 1.165) is 5.56 Å². The number of nitrogens with zero attached hydrogens (tertiary/aromatic N) is 2. The summed E-state index contributed by atoms with van der Waals surface area (Å²) in [6, 6.07) is 9.73. The summed E-state index contributed by atoms with van der Waals surface area (Å²) in [7, 11) is -0.712. The molecule has 10 nitrogen and oxygen atoms in total. The number of nitrogens with one attached hydrogen (secondary N) is 1. The highest BCUT2D eigenvalue weighted by atomic mass is 32.2. The van der Waals surface area contributed by atoms with Crippen LogP contribution in [0.1, 0.15) is 12.5 Å². The van der Waals surface area contributed by atoms with E-state index in [9.17, 15) is 18.0 Å². The van der Waals surface area contributed by atoms with Crippen LogP contribution in [0.3, 0.4) is 0 Å². The Hall–Kier alpha value is -3.31. The maximum atomic E-state index is 13.2. The first kappa shape index (κ1) is 23.8. The molecule has 0 radical (unpaired) electrons. The van der Waals surface area contributed by atoms with Gasteiger partial charge in [0.2, 0.25) is 15.9 Å². The van der Waals surface area contributed by atoms with E-state index >= 15 is 0 Å². The Morgan fingerprint density at radius 3 is 2.44 bits per heavy atom. The van der Waals surface area contributed by atoms with E-state index in [1.165, 1.54) is 23.5 Å². The molecule has 182 valence electrons. The second-order valence-electron chi connectivity index (χ2n) is 8.06. The molecule has 1 fully saturated rings. The number of hydrogen-bond donors (Lipinski definition) is 1. The van der Waals surface area contributed by atoms with E-state index in [4.69, 9.17) is 14.2 Å². The Bertz CT molecular complexity index is 1210. The van der Waals surface area contributed by atoms with E-state index in [2.05, 4.69) is 5.32 Å². The van der Waals surface area contributed by atoms with Crippen molar-refractivity contribution in [3.8, 4) is 17.2 Å². The van der Waals surface area contributed by atoms with E-state index in [1.54, 1.807) is 43.2 Å². The molecule has 2 amide bonds. The Morgan fingerprint density at radius 2 is 1.76 bits per heavy atom. The normalized spacial score (nSPS) is 18.5. The molecule has 0 unspecified atom stereocenters. The molecule has 0 spiro atoms. The summed E-state index contributed by atoms with van der Waals surface area (Å²) in [6.07, 6.45) is -0.463. The molecule has 34 heavy (non-hydrogen) atoms. The molecule has 11 heteroatoms. The van der Waals surface area contributed by atoms with Gasteiger partial charge >= 0.3 is 0 Å². The lowest BCUT2D eigenvalue weighted by atomic mass is 10.1. The molecule has 2 aliphatic rings. The number of carbonyl (C=O) groups is 2. The summed E-state index contributed by atoms with van der Waals surface area (Å²) in [4.78, 5) is 26.4. The first-order valence-electron chi connectivity index (χ1n) is 10.8. The Labute approximate surface area is 198 Å². The van der Waals surface area contributed by atoms with Gasteiger partial charge in [-0.05, 0) is 42.8 Å². The number of amides is 2. The second-order valence-corrected chi connectivity index (χ2v) is 10.00. The summed E-state index contributed by atoms with van der Waals surface area (Å²) >= 11 is 0. The zero-order valence-corrected chi connectivity index (χ0v) is 20.1. The van der Waals surface area contributed by atoms with Crippen molar-refractivity contribution in [2.75, 3.05) is 45.7 Å². The molecule has 4 rings (SSSR count). The maximum absolute atomic E-state index is 13.2. The molecular weight excluding hydrogens is 462 g/mol. The molecular formula is C23H27N3O7S. The summed E-state index contributed by atoms with van der Waals surface area (Å²) in [5.41, 5.74) is 1.11. The highest BCUT2D eigenvalue weighted by Gasteiger charge is 2.32. The highest BCUT2D eigenvalue weighted by Crippen LogP contribution is 2.33. The van der Waals surface area contributed by atoms with Gasteiger partial charge in [-0.1, -0.05) is 6.07 Å². The third kappa shape index (κ3) is 4.66. The van der Waals surface area contributed by atoms with Crippen LogP contribution in [0.4, 0.5) is 5.69 Å². The van der Waals surface area contributed by atoms with Crippen LogP contribution < -0.4 is 19.5 Å². The lowest BCUT2D eigenvalue weighted by molar-refractivity contribution is -0.131. The zero-order chi connectivity index (χ0) is 24.5. The van der Waals surface area contributed by atoms with Gasteiger partial charge in [0.05, 0.1) is 31.2 Å². The van der Waals surface area contributed by atoms with Crippen molar-refractivity contribution in [1.82, 2.24) is 9.21 Å². The standard InChI is InChI=1S/C23H27N3O7S/c1-15-23(28)24-18-14-17(5-7-19(18)33-15)34(29,30)26-10-8-25(9-11-26)22(27)13-16-4-6-20(31-2)21(12-16)32-3/h4-7,12,14-15H,8-11,13H2,1-3H3,(H,24,28)/t15-/m0/s1. The first-order chi connectivity index (χ1) is 16.2. The minimum absolute atomic E-state index is 0.0646. The van der Waals surface area contributed by atoms with Crippen molar-refractivity contribution in [2.45, 2.75) is 24.3 Å². The van der Waals surface area contributed by atoms with Crippen molar-refractivity contribution >= 4 is 27.5 Å². The minimum Gasteiger partial charge on any atom is -0.493 e. The average Bonchev–Trinajstić information content (AvgIpc) is 2.84. The molecule has 2 aromatic rings. The molecule has 2 heterocycles. The van der Waals surface area contributed by atoms with E-state index in [0.29, 0.717) is 22.9 Å². The van der Waals surface area contributed by atoms with Crippen LogP contribution in [0.25, 0.3) is 0 Å². The summed E-state index contributed by atoms with van der Waals surface area (Å²) in [5, 5.41) is 2.67. The molecule has 0 aromatic heterocycles. The fourth-order valence-corrected chi connectivity index (χ4v) is 5.40. The second kappa shape index (κ2) is 9.51. The van der Waals surface area contributed by atoms with Crippen LogP contribution in [-0.2, 0) is 26.0 Å². The van der Waals surface area contributed by atoms with Crippen molar-refractivity contribution < 1.29 is 32.2 Å². The molecule has 0 aliphatic carbocycles. The number of hydrogen-bond acceptors (Lipinski definition) is 7. The SMILES string of the molecule is COc1ccc(CC(=O)N2CCN(S(=O)(=O)c3ccc4c(c3)NC(=O)[C@H](C)O4)CC2)cc1OC. The third-order valence-corrected chi connectivity index (χ3v) is 7.81. The van der Waals surface area contributed by atoms with Crippen LogP contribution in [0, 0.1) is 0 Å². The molecule has 2 aliphatic heterocycles. The fourth-order valence-electron chi connectivity index (χ4n) is 3.95. The lowest BCUT2D eigenvalue weighted by Crippen LogP contribution is -2.50. The fraction of sp³-hybridized carbons (Fsp3) is 0.391. The molecule has 0 saturated carbocycles. The Balaban J connectivity index is 1.40. The van der Waals surface area contributed by atoms with Gasteiger partial charge in [0.25, 0.3) is 5.91 Å². The Morgan fingerprint density at radius 1 is 1.06 bits per heavy atom. The van der Waals surface area contributed by atoms with Crippen molar-refractivity contribution in [3.63, 3.8) is 0 Å². The van der Waals surface area contributed by atoms with Gasteiger partial charge in [0.15, 0.2) is 17.6 Å². The van der Waals surface area contributed by atoms with Crippen LogP contribution in [0.15, 0.2) is 41.3 Å². The Kier molecular flexibility index (Phi) is 6.67. The van der Waals surface area contributed by atoms with Crippen molar-refractivity contribution in [3.05, 3.63) is 42.0 Å². The van der Waals surface area contributed by atoms with Gasteiger partial charge in [-0.3, -0.25) is 9.59 Å². The van der Waals surface area contributed by atoms with Gasteiger partial charge in [-0.15, -0.1) is 0 Å².